The third kappa shape index (κ3) is 3.66. The fourth-order valence-electron chi connectivity index (χ4n) is 3.12. The van der Waals surface area contributed by atoms with Crippen LogP contribution in [-0.2, 0) is 4.79 Å². The number of aryl methyl sites for hydroxylation is 1. The molecule has 0 spiro atoms. The van der Waals surface area contributed by atoms with Crippen LogP contribution in [0.3, 0.4) is 0 Å². The largest absolute Gasteiger partial charge is 0.392 e. The third-order valence-electron chi connectivity index (χ3n) is 4.46. The van der Waals surface area contributed by atoms with Gasteiger partial charge in [-0.2, -0.15) is 5.10 Å². The van der Waals surface area contributed by atoms with E-state index in [0.717, 1.165) is 35.7 Å². The number of carbonyl (C=O) groups is 1. The van der Waals surface area contributed by atoms with Crippen LogP contribution in [0.4, 0.5) is 5.69 Å². The smallest absolute Gasteiger partial charge is 0.225 e. The Hall–Kier alpha value is -2.18. The number of aliphatic hydroxyl groups excluding tert-OH is 1. The number of rotatable bonds is 5. The third-order valence-corrected chi connectivity index (χ3v) is 4.46. The van der Waals surface area contributed by atoms with Crippen LogP contribution in [0.25, 0.3) is 5.69 Å². The van der Waals surface area contributed by atoms with Crippen molar-refractivity contribution in [3.8, 4) is 5.69 Å². The van der Waals surface area contributed by atoms with Gasteiger partial charge in [-0.1, -0.05) is 18.2 Å². The molecule has 3 rings (SSSR count). The molecule has 0 unspecified atom stereocenters. The molecule has 0 bridgehead atoms. The second-order valence-electron chi connectivity index (χ2n) is 6.33. The highest BCUT2D eigenvalue weighted by atomic mass is 16.3. The average molecular weight is 328 g/mol. The number of hydrogen-bond donors (Lipinski definition) is 2. The Balaban J connectivity index is 1.65. The fraction of sp³-hybridized carbons (Fsp3) is 0.444. The minimum atomic E-state index is -0.248. The number of anilines is 1. The molecule has 2 N–H and O–H groups in total. The van der Waals surface area contributed by atoms with E-state index >= 15 is 0 Å². The van der Waals surface area contributed by atoms with E-state index in [1.807, 2.05) is 48.9 Å². The Labute approximate surface area is 142 Å². The van der Waals surface area contributed by atoms with Gasteiger partial charge in [-0.05, 0) is 32.4 Å². The van der Waals surface area contributed by atoms with Crippen LogP contribution in [0.1, 0.15) is 24.2 Å². The van der Waals surface area contributed by atoms with Gasteiger partial charge in [0.25, 0.3) is 0 Å². The molecule has 2 heterocycles. The summed E-state index contributed by atoms with van der Waals surface area (Å²) in [6, 6.07) is 9.88. The van der Waals surface area contributed by atoms with E-state index in [1.54, 1.807) is 0 Å². The maximum atomic E-state index is 12.3. The first-order valence-electron chi connectivity index (χ1n) is 8.36. The van der Waals surface area contributed by atoms with E-state index in [1.165, 1.54) is 0 Å². The van der Waals surface area contributed by atoms with Crippen LogP contribution in [0.15, 0.2) is 30.3 Å². The van der Waals surface area contributed by atoms with Gasteiger partial charge < -0.3 is 15.3 Å². The van der Waals surface area contributed by atoms with Crippen LogP contribution in [0.5, 0.6) is 0 Å². The topological polar surface area (TPSA) is 70.4 Å². The lowest BCUT2D eigenvalue weighted by atomic mass is 10.2. The molecular weight excluding hydrogens is 304 g/mol. The number of hydrogen-bond acceptors (Lipinski definition) is 4. The predicted molar refractivity (Wildman–Crippen MR) is 93.3 cm³/mol. The highest BCUT2D eigenvalue weighted by Gasteiger charge is 2.21. The van der Waals surface area contributed by atoms with Crippen molar-refractivity contribution in [1.82, 2.24) is 14.7 Å². The standard InChI is InChI=1S/C18H24N4O2/c1-13-18(14(2)22(20-13)15-6-4-3-5-7-15)19-17(24)9-11-21-10-8-16(23)12-21/h3-7,16,23H,8-12H2,1-2H3,(H,19,24)/t16-/m1/s1. The van der Waals surface area contributed by atoms with Gasteiger partial charge in [-0.3, -0.25) is 4.79 Å². The zero-order valence-electron chi connectivity index (χ0n) is 14.2. The summed E-state index contributed by atoms with van der Waals surface area (Å²) in [5.41, 5.74) is 3.49. The molecule has 1 aromatic carbocycles. The van der Waals surface area contributed by atoms with E-state index < -0.39 is 0 Å². The summed E-state index contributed by atoms with van der Waals surface area (Å²) >= 11 is 0. The van der Waals surface area contributed by atoms with Crippen LogP contribution in [0, 0.1) is 13.8 Å². The van der Waals surface area contributed by atoms with Gasteiger partial charge in [0.15, 0.2) is 0 Å². The first kappa shape index (κ1) is 16.7. The number of β-amino-alcohol motifs (C(OH)–C–C–N with tert-alkyl or cyclic N) is 1. The van der Waals surface area contributed by atoms with Crippen molar-refractivity contribution in [3.63, 3.8) is 0 Å². The molecule has 1 fully saturated rings. The number of amides is 1. The molecule has 1 atom stereocenters. The number of aromatic nitrogens is 2. The Morgan fingerprint density at radius 1 is 1.33 bits per heavy atom. The summed E-state index contributed by atoms with van der Waals surface area (Å²) in [6.07, 6.45) is 0.966. The van der Waals surface area contributed by atoms with Crippen LogP contribution >= 0.6 is 0 Å². The number of aliphatic hydroxyl groups is 1. The number of nitrogens with one attached hydrogen (secondary N) is 1. The Morgan fingerprint density at radius 2 is 2.08 bits per heavy atom. The van der Waals surface area contributed by atoms with E-state index in [9.17, 15) is 9.90 Å². The normalized spacial score (nSPS) is 18.0. The second kappa shape index (κ2) is 7.15. The summed E-state index contributed by atoms with van der Waals surface area (Å²) in [5.74, 6) is -0.0183. The molecule has 1 aliphatic rings. The van der Waals surface area contributed by atoms with Gasteiger partial charge in [0.2, 0.25) is 5.91 Å². The highest BCUT2D eigenvalue weighted by Crippen LogP contribution is 2.23. The first-order chi connectivity index (χ1) is 11.5. The molecule has 1 saturated heterocycles. The molecule has 128 valence electrons. The van der Waals surface area contributed by atoms with Gasteiger partial charge in [-0.25, -0.2) is 4.68 Å². The maximum Gasteiger partial charge on any atom is 0.225 e. The van der Waals surface area contributed by atoms with Crippen molar-refractivity contribution < 1.29 is 9.90 Å². The summed E-state index contributed by atoms with van der Waals surface area (Å²) in [5, 5.41) is 17.1. The Kier molecular flexibility index (Phi) is 4.97. The maximum absolute atomic E-state index is 12.3. The summed E-state index contributed by atoms with van der Waals surface area (Å²) in [7, 11) is 0. The van der Waals surface area contributed by atoms with Gasteiger partial charge in [0.05, 0.1) is 28.9 Å². The van der Waals surface area contributed by atoms with E-state index in [4.69, 9.17) is 0 Å². The molecule has 1 amide bonds. The lowest BCUT2D eigenvalue weighted by Gasteiger charge is -2.14. The molecule has 6 heteroatoms. The molecule has 0 saturated carbocycles. The Morgan fingerprint density at radius 3 is 2.75 bits per heavy atom. The monoisotopic (exact) mass is 328 g/mol. The molecule has 2 aromatic rings. The van der Waals surface area contributed by atoms with Crippen molar-refractivity contribution in [2.45, 2.75) is 32.8 Å². The molecule has 1 aromatic heterocycles. The van der Waals surface area contributed by atoms with Crippen molar-refractivity contribution in [2.24, 2.45) is 0 Å². The van der Waals surface area contributed by atoms with Crippen molar-refractivity contribution >= 4 is 11.6 Å². The number of para-hydroxylation sites is 1. The molecule has 0 radical (unpaired) electrons. The first-order valence-corrected chi connectivity index (χ1v) is 8.36. The number of nitrogens with zero attached hydrogens (tertiary/aromatic N) is 3. The lowest BCUT2D eigenvalue weighted by molar-refractivity contribution is -0.116. The van der Waals surface area contributed by atoms with E-state index in [2.05, 4.69) is 15.3 Å². The Bertz CT molecular complexity index is 711. The van der Waals surface area contributed by atoms with Crippen molar-refractivity contribution in [2.75, 3.05) is 25.0 Å². The molecule has 24 heavy (non-hydrogen) atoms. The minimum Gasteiger partial charge on any atom is -0.392 e. The summed E-state index contributed by atoms with van der Waals surface area (Å²) < 4.78 is 1.85. The van der Waals surface area contributed by atoms with Crippen molar-refractivity contribution in [1.29, 1.82) is 0 Å². The molecule has 0 aliphatic carbocycles. The van der Waals surface area contributed by atoms with Gasteiger partial charge in [0.1, 0.15) is 0 Å². The quantitative estimate of drug-likeness (QED) is 0.879. The predicted octanol–water partition coefficient (Wildman–Crippen LogP) is 1.88. The van der Waals surface area contributed by atoms with Crippen molar-refractivity contribution in [3.05, 3.63) is 41.7 Å². The molecular formula is C18H24N4O2. The molecule has 1 aliphatic heterocycles. The number of benzene rings is 1. The summed E-state index contributed by atoms with van der Waals surface area (Å²) in [4.78, 5) is 14.4. The molecule has 6 nitrogen and oxygen atoms in total. The number of carbonyl (C=O) groups excluding carboxylic acids is 1. The summed E-state index contributed by atoms with van der Waals surface area (Å²) in [6.45, 7) is 6.06. The zero-order chi connectivity index (χ0) is 17.1. The van der Waals surface area contributed by atoms with E-state index in [-0.39, 0.29) is 12.0 Å². The van der Waals surface area contributed by atoms with Crippen LogP contribution in [0.2, 0.25) is 0 Å². The fourth-order valence-corrected chi connectivity index (χ4v) is 3.12. The SMILES string of the molecule is Cc1nn(-c2ccccc2)c(C)c1NC(=O)CCN1CC[C@@H](O)C1. The van der Waals surface area contributed by atoms with Gasteiger partial charge in [0, 0.05) is 26.1 Å². The van der Waals surface area contributed by atoms with Gasteiger partial charge >= 0.3 is 0 Å². The van der Waals surface area contributed by atoms with Gasteiger partial charge in [-0.15, -0.1) is 0 Å². The van der Waals surface area contributed by atoms with Crippen LogP contribution < -0.4 is 5.32 Å². The van der Waals surface area contributed by atoms with E-state index in [0.29, 0.717) is 19.5 Å². The average Bonchev–Trinajstić information content (AvgIpc) is 3.12. The number of likely N-dealkylation sites (tertiary alicyclic amines) is 1. The second-order valence-corrected chi connectivity index (χ2v) is 6.33. The minimum absolute atomic E-state index is 0.0183. The highest BCUT2D eigenvalue weighted by molar-refractivity contribution is 5.92. The lowest BCUT2D eigenvalue weighted by Crippen LogP contribution is -2.27. The zero-order valence-corrected chi connectivity index (χ0v) is 14.2. The van der Waals surface area contributed by atoms with Crippen LogP contribution in [-0.4, -0.2) is 51.4 Å².